The topological polar surface area (TPSA) is 78.5 Å². The molecule has 0 bridgehead atoms. The molecule has 1 amide bonds. The van der Waals surface area contributed by atoms with Gasteiger partial charge in [0.15, 0.2) is 0 Å². The molecule has 0 aliphatic heterocycles. The Hall–Kier alpha value is -2.09. The number of anilines is 1. The Labute approximate surface area is 152 Å². The number of benzene rings is 2. The Kier molecular flexibility index (Phi) is 6.41. The summed E-state index contributed by atoms with van der Waals surface area (Å²) in [5.74, 6) is -0.254. The molecule has 0 saturated carbocycles. The number of nitrogens with zero attached hydrogens (tertiary/aromatic N) is 1. The molecule has 2 N–H and O–H groups in total. The number of halogens is 1. The van der Waals surface area contributed by atoms with Crippen LogP contribution >= 0.6 is 11.6 Å². The van der Waals surface area contributed by atoms with Crippen molar-refractivity contribution in [1.82, 2.24) is 10.0 Å². The van der Waals surface area contributed by atoms with Crippen LogP contribution in [0.5, 0.6) is 0 Å². The van der Waals surface area contributed by atoms with Gasteiger partial charge in [0.2, 0.25) is 10.0 Å². The van der Waals surface area contributed by atoms with E-state index in [1.807, 2.05) is 31.1 Å². The fourth-order valence-electron chi connectivity index (χ4n) is 2.07. The second-order valence-corrected chi connectivity index (χ2v) is 7.75. The normalized spacial score (nSPS) is 11.2. The smallest absolute Gasteiger partial charge is 0.251 e. The van der Waals surface area contributed by atoms with Gasteiger partial charge in [-0.2, -0.15) is 0 Å². The van der Waals surface area contributed by atoms with Crippen molar-refractivity contribution in [2.45, 2.75) is 4.90 Å². The van der Waals surface area contributed by atoms with Gasteiger partial charge in [0.05, 0.1) is 4.90 Å². The van der Waals surface area contributed by atoms with Crippen molar-refractivity contribution in [3.63, 3.8) is 0 Å². The van der Waals surface area contributed by atoms with Gasteiger partial charge in [0.25, 0.3) is 5.91 Å². The third-order valence-corrected chi connectivity index (χ3v) is 5.20. The lowest BCUT2D eigenvalue weighted by molar-refractivity contribution is 0.0954. The zero-order chi connectivity index (χ0) is 18.4. The van der Waals surface area contributed by atoms with E-state index in [9.17, 15) is 13.2 Å². The molecule has 2 aromatic rings. The van der Waals surface area contributed by atoms with Crippen LogP contribution in [0.4, 0.5) is 5.69 Å². The van der Waals surface area contributed by atoms with Crippen LogP contribution in [0.2, 0.25) is 5.02 Å². The van der Waals surface area contributed by atoms with E-state index in [1.165, 1.54) is 24.3 Å². The van der Waals surface area contributed by atoms with Gasteiger partial charge < -0.3 is 10.2 Å². The van der Waals surface area contributed by atoms with Crippen LogP contribution in [0.1, 0.15) is 10.4 Å². The molecule has 6 nitrogen and oxygen atoms in total. The van der Waals surface area contributed by atoms with E-state index in [2.05, 4.69) is 10.0 Å². The molecule has 0 unspecified atom stereocenters. The highest BCUT2D eigenvalue weighted by atomic mass is 35.5. The largest absolute Gasteiger partial charge is 0.378 e. The highest BCUT2D eigenvalue weighted by molar-refractivity contribution is 7.89. The van der Waals surface area contributed by atoms with Crippen LogP contribution in [0.15, 0.2) is 53.4 Å². The number of sulfonamides is 1. The van der Waals surface area contributed by atoms with E-state index in [1.54, 1.807) is 12.1 Å². The van der Waals surface area contributed by atoms with Crippen molar-refractivity contribution in [2.24, 2.45) is 0 Å². The average Bonchev–Trinajstić information content (AvgIpc) is 2.59. The Morgan fingerprint density at radius 2 is 1.60 bits per heavy atom. The molecule has 134 valence electrons. The van der Waals surface area contributed by atoms with Gasteiger partial charge in [0.1, 0.15) is 0 Å². The summed E-state index contributed by atoms with van der Waals surface area (Å²) in [5.41, 5.74) is 1.51. The maximum absolute atomic E-state index is 12.1. The number of carbonyl (C=O) groups excluding carboxylic acids is 1. The van der Waals surface area contributed by atoms with Gasteiger partial charge in [0, 0.05) is 43.5 Å². The van der Waals surface area contributed by atoms with Crippen molar-refractivity contribution in [1.29, 1.82) is 0 Å². The number of carbonyl (C=O) groups is 1. The minimum absolute atomic E-state index is 0.0898. The summed E-state index contributed by atoms with van der Waals surface area (Å²) in [6, 6.07) is 13.0. The van der Waals surface area contributed by atoms with E-state index >= 15 is 0 Å². The number of hydrogen-bond acceptors (Lipinski definition) is 4. The first-order valence-electron chi connectivity index (χ1n) is 7.60. The maximum atomic E-state index is 12.1. The Bertz CT molecular complexity index is 819. The standard InChI is InChI=1S/C17H20ClN3O3S/c1-21(2)15-7-3-13(4-8-15)17(22)19-11-12-20-25(23,24)16-9-5-14(18)6-10-16/h3-10,20H,11-12H2,1-2H3,(H,19,22). The molecule has 0 spiro atoms. The molecule has 0 aliphatic carbocycles. The van der Waals surface area contributed by atoms with Gasteiger partial charge >= 0.3 is 0 Å². The molecule has 0 radical (unpaired) electrons. The van der Waals surface area contributed by atoms with Crippen molar-refractivity contribution in [3.8, 4) is 0 Å². The quantitative estimate of drug-likeness (QED) is 0.720. The number of hydrogen-bond donors (Lipinski definition) is 2. The minimum Gasteiger partial charge on any atom is -0.378 e. The average molecular weight is 382 g/mol. The predicted molar refractivity (Wildman–Crippen MR) is 99.7 cm³/mol. The maximum Gasteiger partial charge on any atom is 0.251 e. The summed E-state index contributed by atoms with van der Waals surface area (Å²) in [6.07, 6.45) is 0. The summed E-state index contributed by atoms with van der Waals surface area (Å²) < 4.78 is 26.6. The summed E-state index contributed by atoms with van der Waals surface area (Å²) in [7, 11) is 0.217. The number of amides is 1. The monoisotopic (exact) mass is 381 g/mol. The molecule has 0 heterocycles. The summed E-state index contributed by atoms with van der Waals surface area (Å²) in [5, 5.41) is 3.14. The lowest BCUT2D eigenvalue weighted by atomic mass is 10.2. The first kappa shape index (κ1) is 19.2. The molecule has 2 rings (SSSR count). The van der Waals surface area contributed by atoms with E-state index in [-0.39, 0.29) is 23.9 Å². The van der Waals surface area contributed by atoms with E-state index < -0.39 is 10.0 Å². The van der Waals surface area contributed by atoms with Gasteiger partial charge in [-0.15, -0.1) is 0 Å². The highest BCUT2D eigenvalue weighted by Gasteiger charge is 2.13. The van der Waals surface area contributed by atoms with Crippen LogP contribution < -0.4 is 14.9 Å². The fourth-order valence-corrected chi connectivity index (χ4v) is 3.23. The molecule has 0 fully saturated rings. The summed E-state index contributed by atoms with van der Waals surface area (Å²) in [4.78, 5) is 14.1. The lowest BCUT2D eigenvalue weighted by Gasteiger charge is -2.12. The minimum atomic E-state index is -3.62. The van der Waals surface area contributed by atoms with Gasteiger partial charge in [-0.05, 0) is 48.5 Å². The second-order valence-electron chi connectivity index (χ2n) is 5.55. The predicted octanol–water partition coefficient (Wildman–Crippen LogP) is 2.11. The second kappa shape index (κ2) is 8.33. The SMILES string of the molecule is CN(C)c1ccc(C(=O)NCCNS(=O)(=O)c2ccc(Cl)cc2)cc1. The van der Waals surface area contributed by atoms with Gasteiger partial charge in [-0.1, -0.05) is 11.6 Å². The van der Waals surface area contributed by atoms with E-state index in [0.717, 1.165) is 5.69 Å². The van der Waals surface area contributed by atoms with Crippen molar-refractivity contribution in [2.75, 3.05) is 32.1 Å². The zero-order valence-corrected chi connectivity index (χ0v) is 15.6. The van der Waals surface area contributed by atoms with E-state index in [4.69, 9.17) is 11.6 Å². The van der Waals surface area contributed by atoms with Crippen LogP contribution in [-0.2, 0) is 10.0 Å². The van der Waals surface area contributed by atoms with Crippen molar-refractivity contribution >= 4 is 33.2 Å². The van der Waals surface area contributed by atoms with Crippen LogP contribution in [0.3, 0.4) is 0 Å². The number of rotatable bonds is 7. The fraction of sp³-hybridized carbons (Fsp3) is 0.235. The molecular weight excluding hydrogens is 362 g/mol. The molecule has 0 aromatic heterocycles. The van der Waals surface area contributed by atoms with E-state index in [0.29, 0.717) is 10.6 Å². The first-order valence-corrected chi connectivity index (χ1v) is 9.46. The molecule has 8 heteroatoms. The molecular formula is C17H20ClN3O3S. The van der Waals surface area contributed by atoms with Crippen LogP contribution in [0, 0.1) is 0 Å². The first-order chi connectivity index (χ1) is 11.8. The zero-order valence-electron chi connectivity index (χ0n) is 14.0. The molecule has 0 saturated heterocycles. The molecule has 25 heavy (non-hydrogen) atoms. The van der Waals surface area contributed by atoms with Crippen LogP contribution in [0.25, 0.3) is 0 Å². The van der Waals surface area contributed by atoms with Crippen LogP contribution in [-0.4, -0.2) is 41.5 Å². The molecule has 2 aromatic carbocycles. The van der Waals surface area contributed by atoms with Gasteiger partial charge in [-0.3, -0.25) is 4.79 Å². The summed E-state index contributed by atoms with van der Waals surface area (Å²) in [6.45, 7) is 0.271. The Balaban J connectivity index is 1.84. The third kappa shape index (κ3) is 5.45. The summed E-state index contributed by atoms with van der Waals surface area (Å²) >= 11 is 5.74. The third-order valence-electron chi connectivity index (χ3n) is 3.47. The van der Waals surface area contributed by atoms with Gasteiger partial charge in [-0.25, -0.2) is 13.1 Å². The Morgan fingerprint density at radius 3 is 2.16 bits per heavy atom. The molecule has 0 aliphatic rings. The van der Waals surface area contributed by atoms with Crippen molar-refractivity contribution in [3.05, 3.63) is 59.1 Å². The molecule has 0 atom stereocenters. The number of nitrogens with one attached hydrogen (secondary N) is 2. The lowest BCUT2D eigenvalue weighted by Crippen LogP contribution is -2.34. The van der Waals surface area contributed by atoms with Crippen molar-refractivity contribution < 1.29 is 13.2 Å². The highest BCUT2D eigenvalue weighted by Crippen LogP contribution is 2.14. The Morgan fingerprint density at radius 1 is 1.00 bits per heavy atom.